The van der Waals surface area contributed by atoms with Crippen molar-refractivity contribution in [3.8, 4) is 0 Å². The van der Waals surface area contributed by atoms with Crippen LogP contribution >= 0.6 is 0 Å². The Kier molecular flexibility index (Phi) is 2.96. The van der Waals surface area contributed by atoms with Crippen molar-refractivity contribution in [2.45, 2.75) is 25.9 Å². The van der Waals surface area contributed by atoms with E-state index in [0.29, 0.717) is 6.10 Å². The Morgan fingerprint density at radius 1 is 1.57 bits per heavy atom. The summed E-state index contributed by atoms with van der Waals surface area (Å²) in [5.41, 5.74) is 0. The van der Waals surface area contributed by atoms with E-state index in [4.69, 9.17) is 4.74 Å². The Morgan fingerprint density at radius 2 is 2.29 bits per heavy atom. The summed E-state index contributed by atoms with van der Waals surface area (Å²) in [6.45, 7) is 3.11. The second-order valence-corrected chi connectivity index (χ2v) is 1.82. The Balaban J connectivity index is 0.000000360. The molecular weight excluding hydrogens is 90.1 g/mol. The molecule has 1 heterocycles. The first-order chi connectivity index (χ1) is 2.89. The smallest absolute Gasteiger partial charge is 0.0547 e. The van der Waals surface area contributed by atoms with E-state index in [1.807, 2.05) is 0 Å². The molecule has 2 heteroatoms. The van der Waals surface area contributed by atoms with Gasteiger partial charge in [-0.05, 0) is 19.8 Å². The molecule has 3 N–H and O–H groups in total. The summed E-state index contributed by atoms with van der Waals surface area (Å²) in [5, 5.41) is 0. The minimum atomic E-state index is 0. The van der Waals surface area contributed by atoms with Gasteiger partial charge in [-0.2, -0.15) is 0 Å². The molecule has 1 saturated heterocycles. The lowest BCUT2D eigenvalue weighted by molar-refractivity contribution is 0.125. The molecule has 0 aromatic carbocycles. The Morgan fingerprint density at radius 3 is 2.43 bits per heavy atom. The number of hydrogen-bond acceptors (Lipinski definition) is 2. The van der Waals surface area contributed by atoms with Crippen molar-refractivity contribution in [3.05, 3.63) is 0 Å². The molecule has 0 unspecified atom stereocenters. The molecule has 0 aliphatic carbocycles. The van der Waals surface area contributed by atoms with Crippen LogP contribution in [-0.4, -0.2) is 12.7 Å². The normalized spacial score (nSPS) is 29.6. The Bertz CT molecular complexity index is 41.3. The third kappa shape index (κ3) is 1.90. The standard InChI is InChI=1S/C5H10O.H3N/c1-5-3-2-4-6-5;/h5H,2-4H2,1H3;1H3/t5-;/m1./s1. The second kappa shape index (κ2) is 2.99. The maximum Gasteiger partial charge on any atom is 0.0547 e. The molecular formula is C5H13NO. The molecule has 1 atom stereocenters. The van der Waals surface area contributed by atoms with Gasteiger partial charge in [0.05, 0.1) is 6.10 Å². The lowest BCUT2D eigenvalue weighted by Gasteiger charge is -1.94. The van der Waals surface area contributed by atoms with Gasteiger partial charge in [-0.25, -0.2) is 0 Å². The first kappa shape index (κ1) is 6.92. The van der Waals surface area contributed by atoms with Gasteiger partial charge in [-0.3, -0.25) is 0 Å². The highest BCUT2D eigenvalue weighted by atomic mass is 16.5. The lowest BCUT2D eigenvalue weighted by Crippen LogP contribution is -1.94. The van der Waals surface area contributed by atoms with Crippen LogP contribution in [-0.2, 0) is 4.74 Å². The highest BCUT2D eigenvalue weighted by molar-refractivity contribution is 4.56. The van der Waals surface area contributed by atoms with Crippen LogP contribution in [0, 0.1) is 0 Å². The molecule has 2 nitrogen and oxygen atoms in total. The zero-order valence-corrected chi connectivity index (χ0v) is 4.81. The summed E-state index contributed by atoms with van der Waals surface area (Å²) in [6, 6.07) is 0. The van der Waals surface area contributed by atoms with Crippen LogP contribution in [0.3, 0.4) is 0 Å². The van der Waals surface area contributed by atoms with Gasteiger partial charge in [0, 0.05) is 6.61 Å². The fraction of sp³-hybridized carbons (Fsp3) is 1.00. The van der Waals surface area contributed by atoms with Crippen LogP contribution < -0.4 is 6.15 Å². The SMILES string of the molecule is C[C@@H]1CCCO1.N. The third-order valence-electron chi connectivity index (χ3n) is 1.16. The van der Waals surface area contributed by atoms with E-state index < -0.39 is 0 Å². The summed E-state index contributed by atoms with van der Waals surface area (Å²) >= 11 is 0. The molecule has 0 bridgehead atoms. The largest absolute Gasteiger partial charge is 0.379 e. The van der Waals surface area contributed by atoms with Crippen LogP contribution in [0.1, 0.15) is 19.8 Å². The molecule has 1 aliphatic heterocycles. The van der Waals surface area contributed by atoms with Crippen LogP contribution in [0.2, 0.25) is 0 Å². The molecule has 44 valence electrons. The average Bonchev–Trinajstić information content (AvgIpc) is 1.86. The predicted molar refractivity (Wildman–Crippen MR) is 29.7 cm³/mol. The quantitative estimate of drug-likeness (QED) is 0.503. The molecule has 0 saturated carbocycles. The fourth-order valence-electron chi connectivity index (χ4n) is 0.739. The monoisotopic (exact) mass is 103 g/mol. The summed E-state index contributed by atoms with van der Waals surface area (Å²) in [6.07, 6.45) is 3.08. The zero-order chi connectivity index (χ0) is 4.41. The van der Waals surface area contributed by atoms with E-state index in [1.54, 1.807) is 0 Å². The minimum Gasteiger partial charge on any atom is -0.379 e. The van der Waals surface area contributed by atoms with Crippen molar-refractivity contribution in [3.63, 3.8) is 0 Å². The molecule has 0 spiro atoms. The number of rotatable bonds is 0. The van der Waals surface area contributed by atoms with Crippen molar-refractivity contribution >= 4 is 0 Å². The Labute approximate surface area is 44.4 Å². The van der Waals surface area contributed by atoms with Crippen molar-refractivity contribution in [1.82, 2.24) is 6.15 Å². The molecule has 0 amide bonds. The van der Waals surface area contributed by atoms with Gasteiger partial charge in [0.25, 0.3) is 0 Å². The van der Waals surface area contributed by atoms with Gasteiger partial charge in [-0.1, -0.05) is 0 Å². The minimum absolute atomic E-state index is 0. The fourth-order valence-corrected chi connectivity index (χ4v) is 0.739. The predicted octanol–water partition coefficient (Wildman–Crippen LogP) is 1.35. The van der Waals surface area contributed by atoms with Gasteiger partial charge in [-0.15, -0.1) is 0 Å². The summed E-state index contributed by atoms with van der Waals surface area (Å²) in [4.78, 5) is 0. The highest BCUT2D eigenvalue weighted by Crippen LogP contribution is 2.09. The van der Waals surface area contributed by atoms with E-state index in [0.717, 1.165) is 6.61 Å². The van der Waals surface area contributed by atoms with E-state index >= 15 is 0 Å². The highest BCUT2D eigenvalue weighted by Gasteiger charge is 2.07. The van der Waals surface area contributed by atoms with Crippen molar-refractivity contribution < 1.29 is 4.74 Å². The average molecular weight is 103 g/mol. The molecule has 1 fully saturated rings. The van der Waals surface area contributed by atoms with Crippen LogP contribution in [0.4, 0.5) is 0 Å². The molecule has 1 rings (SSSR count). The van der Waals surface area contributed by atoms with Crippen LogP contribution in [0.25, 0.3) is 0 Å². The van der Waals surface area contributed by atoms with Crippen molar-refractivity contribution in [2.75, 3.05) is 6.61 Å². The summed E-state index contributed by atoms with van der Waals surface area (Å²) in [5.74, 6) is 0. The van der Waals surface area contributed by atoms with Crippen molar-refractivity contribution in [1.29, 1.82) is 0 Å². The third-order valence-corrected chi connectivity index (χ3v) is 1.16. The summed E-state index contributed by atoms with van der Waals surface area (Å²) in [7, 11) is 0. The molecule has 0 aromatic rings. The van der Waals surface area contributed by atoms with Gasteiger partial charge in [0.15, 0.2) is 0 Å². The molecule has 7 heavy (non-hydrogen) atoms. The topological polar surface area (TPSA) is 44.2 Å². The summed E-state index contributed by atoms with van der Waals surface area (Å²) < 4.78 is 5.15. The number of ether oxygens (including phenoxy) is 1. The van der Waals surface area contributed by atoms with Gasteiger partial charge < -0.3 is 10.9 Å². The second-order valence-electron chi connectivity index (χ2n) is 1.82. The van der Waals surface area contributed by atoms with E-state index in [9.17, 15) is 0 Å². The van der Waals surface area contributed by atoms with Gasteiger partial charge in [0.2, 0.25) is 0 Å². The number of hydrogen-bond donors (Lipinski definition) is 1. The Hall–Kier alpha value is -0.0800. The van der Waals surface area contributed by atoms with Crippen molar-refractivity contribution in [2.24, 2.45) is 0 Å². The van der Waals surface area contributed by atoms with Gasteiger partial charge >= 0.3 is 0 Å². The van der Waals surface area contributed by atoms with Crippen LogP contribution in [0.15, 0.2) is 0 Å². The molecule has 0 aromatic heterocycles. The zero-order valence-electron chi connectivity index (χ0n) is 4.81. The van der Waals surface area contributed by atoms with E-state index in [1.165, 1.54) is 12.8 Å². The van der Waals surface area contributed by atoms with Crippen LogP contribution in [0.5, 0.6) is 0 Å². The lowest BCUT2D eigenvalue weighted by atomic mass is 10.3. The first-order valence-corrected chi connectivity index (χ1v) is 2.51. The maximum atomic E-state index is 5.15. The molecule has 0 radical (unpaired) electrons. The van der Waals surface area contributed by atoms with E-state index in [-0.39, 0.29) is 6.15 Å². The van der Waals surface area contributed by atoms with Gasteiger partial charge in [0.1, 0.15) is 0 Å². The van der Waals surface area contributed by atoms with E-state index in [2.05, 4.69) is 6.92 Å². The first-order valence-electron chi connectivity index (χ1n) is 2.51. The molecule has 1 aliphatic rings. The maximum absolute atomic E-state index is 5.15.